The van der Waals surface area contributed by atoms with Crippen molar-refractivity contribution in [2.24, 2.45) is 5.92 Å². The number of rotatable bonds is 9. The van der Waals surface area contributed by atoms with Gasteiger partial charge < -0.3 is 9.64 Å². The second kappa shape index (κ2) is 12.0. The lowest BCUT2D eigenvalue weighted by Gasteiger charge is -2.24. The number of para-hydroxylation sites is 1. The summed E-state index contributed by atoms with van der Waals surface area (Å²) in [7, 11) is 1.31. The van der Waals surface area contributed by atoms with Crippen molar-refractivity contribution in [1.29, 1.82) is 0 Å². The number of benzene rings is 2. The van der Waals surface area contributed by atoms with Gasteiger partial charge in [-0.1, -0.05) is 49.4 Å². The third-order valence-electron chi connectivity index (χ3n) is 5.13. The van der Waals surface area contributed by atoms with Gasteiger partial charge in [0, 0.05) is 31.5 Å². The summed E-state index contributed by atoms with van der Waals surface area (Å²) in [5.41, 5.74) is 1.47. The Labute approximate surface area is 207 Å². The van der Waals surface area contributed by atoms with Gasteiger partial charge in [-0.2, -0.15) is 0 Å². The molecule has 1 aromatic heterocycles. The van der Waals surface area contributed by atoms with E-state index in [0.717, 1.165) is 16.9 Å². The fourth-order valence-corrected chi connectivity index (χ4v) is 4.25. The summed E-state index contributed by atoms with van der Waals surface area (Å²) in [4.78, 5) is 44.3. The molecule has 1 unspecified atom stereocenters. The number of nitrogens with zero attached hydrogens (tertiary/aromatic N) is 3. The highest BCUT2D eigenvalue weighted by atomic mass is 32.1. The molecule has 0 aliphatic rings. The van der Waals surface area contributed by atoms with Crippen LogP contribution in [-0.2, 0) is 25.7 Å². The molecule has 9 heteroatoms. The van der Waals surface area contributed by atoms with Gasteiger partial charge in [0.2, 0.25) is 11.8 Å². The smallest absolute Gasteiger partial charge is 0.310 e. The largest absolute Gasteiger partial charge is 0.469 e. The Bertz CT molecular complexity index is 1210. The molecule has 0 N–H and O–H groups in total. The van der Waals surface area contributed by atoms with Crippen LogP contribution in [0.1, 0.15) is 25.1 Å². The molecular formula is C26H26FN3O4S. The van der Waals surface area contributed by atoms with Crippen LogP contribution in [0.3, 0.4) is 0 Å². The van der Waals surface area contributed by atoms with Crippen molar-refractivity contribution in [2.75, 3.05) is 18.6 Å². The van der Waals surface area contributed by atoms with Gasteiger partial charge in [0.05, 0.1) is 24.4 Å². The van der Waals surface area contributed by atoms with E-state index in [9.17, 15) is 18.8 Å². The number of thiazole rings is 1. The van der Waals surface area contributed by atoms with Crippen LogP contribution < -0.4 is 4.90 Å². The second-order valence-corrected chi connectivity index (χ2v) is 8.66. The van der Waals surface area contributed by atoms with E-state index >= 15 is 0 Å². The molecular weight excluding hydrogens is 469 g/mol. The van der Waals surface area contributed by atoms with Gasteiger partial charge in [0.15, 0.2) is 5.13 Å². The molecule has 0 saturated carbocycles. The van der Waals surface area contributed by atoms with Crippen molar-refractivity contribution in [1.82, 2.24) is 9.88 Å². The van der Waals surface area contributed by atoms with Crippen molar-refractivity contribution in [2.45, 2.75) is 20.4 Å². The molecule has 1 heterocycles. The molecule has 0 bridgehead atoms. The Morgan fingerprint density at radius 3 is 2.46 bits per heavy atom. The van der Waals surface area contributed by atoms with E-state index in [0.29, 0.717) is 12.2 Å². The van der Waals surface area contributed by atoms with Gasteiger partial charge in [-0.3, -0.25) is 19.3 Å². The van der Waals surface area contributed by atoms with Gasteiger partial charge in [-0.05, 0) is 23.8 Å². The molecule has 0 fully saturated rings. The minimum absolute atomic E-state index is 0.104. The molecule has 0 aliphatic heterocycles. The maximum atomic E-state index is 14.3. The van der Waals surface area contributed by atoms with E-state index in [1.165, 1.54) is 43.2 Å². The third kappa shape index (κ3) is 6.83. The number of carbonyl (C=O) groups excluding carboxylic acids is 3. The zero-order chi connectivity index (χ0) is 25.4. The van der Waals surface area contributed by atoms with Crippen molar-refractivity contribution in [3.8, 4) is 0 Å². The number of methoxy groups -OCH3 is 1. The Morgan fingerprint density at radius 2 is 1.80 bits per heavy atom. The van der Waals surface area contributed by atoms with Crippen LogP contribution in [0, 0.1) is 11.7 Å². The van der Waals surface area contributed by atoms with Crippen LogP contribution in [0.5, 0.6) is 0 Å². The number of anilines is 2. The number of hydrogen-bond acceptors (Lipinski definition) is 6. The number of esters is 1. The van der Waals surface area contributed by atoms with Gasteiger partial charge in [0.1, 0.15) is 5.82 Å². The molecule has 1 atom stereocenters. The summed E-state index contributed by atoms with van der Waals surface area (Å²) < 4.78 is 19.1. The normalized spacial score (nSPS) is 11.8. The summed E-state index contributed by atoms with van der Waals surface area (Å²) in [6.45, 7) is 3.53. The van der Waals surface area contributed by atoms with Crippen LogP contribution in [0.2, 0.25) is 0 Å². The lowest BCUT2D eigenvalue weighted by Crippen LogP contribution is -2.35. The Balaban J connectivity index is 1.80. The first-order chi connectivity index (χ1) is 16.8. The summed E-state index contributed by atoms with van der Waals surface area (Å²) >= 11 is 1.16. The Morgan fingerprint density at radius 1 is 1.11 bits per heavy atom. The highest BCUT2D eigenvalue weighted by Gasteiger charge is 2.22. The molecule has 3 rings (SSSR count). The monoisotopic (exact) mass is 495 g/mol. The number of halogens is 1. The van der Waals surface area contributed by atoms with E-state index in [2.05, 4.69) is 4.98 Å². The van der Waals surface area contributed by atoms with Crippen LogP contribution >= 0.6 is 11.3 Å². The molecule has 3 aromatic rings. The molecule has 0 radical (unpaired) electrons. The average molecular weight is 496 g/mol. The molecule has 182 valence electrons. The van der Waals surface area contributed by atoms with Crippen LogP contribution in [0.4, 0.5) is 15.2 Å². The van der Waals surface area contributed by atoms with Gasteiger partial charge in [0.25, 0.3) is 0 Å². The predicted molar refractivity (Wildman–Crippen MR) is 133 cm³/mol. The van der Waals surface area contributed by atoms with Crippen molar-refractivity contribution in [3.05, 3.63) is 83.1 Å². The molecule has 0 saturated heterocycles. The maximum Gasteiger partial charge on any atom is 0.310 e. The van der Waals surface area contributed by atoms with E-state index in [1.807, 2.05) is 30.3 Å². The lowest BCUT2D eigenvalue weighted by molar-refractivity contribution is -0.146. The fourth-order valence-electron chi connectivity index (χ4n) is 3.40. The van der Waals surface area contributed by atoms with Crippen molar-refractivity contribution >= 4 is 46.0 Å². The van der Waals surface area contributed by atoms with Crippen LogP contribution in [0.25, 0.3) is 6.08 Å². The molecule has 7 nitrogen and oxygen atoms in total. The first-order valence-corrected chi connectivity index (χ1v) is 11.8. The predicted octanol–water partition coefficient (Wildman–Crippen LogP) is 4.82. The molecule has 2 amide bonds. The van der Waals surface area contributed by atoms with E-state index < -0.39 is 17.7 Å². The summed E-state index contributed by atoms with van der Waals surface area (Å²) in [5.74, 6) is -2.14. The second-order valence-electron chi connectivity index (χ2n) is 7.82. The molecule has 2 aromatic carbocycles. The average Bonchev–Trinajstić information content (AvgIpc) is 3.31. The van der Waals surface area contributed by atoms with Gasteiger partial charge in [-0.25, -0.2) is 9.37 Å². The first-order valence-electron chi connectivity index (χ1n) is 10.9. The van der Waals surface area contributed by atoms with E-state index in [1.54, 1.807) is 29.3 Å². The van der Waals surface area contributed by atoms with E-state index in [4.69, 9.17) is 4.74 Å². The number of aromatic nitrogens is 1. The highest BCUT2D eigenvalue weighted by Crippen LogP contribution is 2.31. The van der Waals surface area contributed by atoms with Crippen molar-refractivity contribution in [3.63, 3.8) is 0 Å². The highest BCUT2D eigenvalue weighted by molar-refractivity contribution is 7.14. The summed E-state index contributed by atoms with van der Waals surface area (Å²) in [5, 5.41) is 1.96. The quantitative estimate of drug-likeness (QED) is 0.314. The topological polar surface area (TPSA) is 79.8 Å². The zero-order valence-electron chi connectivity index (χ0n) is 19.7. The lowest BCUT2D eigenvalue weighted by atomic mass is 10.1. The first kappa shape index (κ1) is 25.8. The maximum absolute atomic E-state index is 14.3. The molecule has 0 spiro atoms. The SMILES string of the molecule is COC(=O)C(C)CN(Cc1ccccc1)C(=O)/C=C/c1csc(N(C(C)=O)c2ccccc2F)n1. The third-order valence-corrected chi connectivity index (χ3v) is 5.98. The van der Waals surface area contributed by atoms with Gasteiger partial charge in [-0.15, -0.1) is 11.3 Å². The number of hydrogen-bond donors (Lipinski definition) is 0. The standard InChI is InChI=1S/C26H26FN3O4S/c1-18(25(33)34-3)15-29(16-20-9-5-4-6-10-20)24(32)14-13-21-17-35-26(28-21)30(19(2)31)23-12-8-7-11-22(23)27/h4-14,17-18H,15-16H2,1-3H3/b14-13+. The summed E-state index contributed by atoms with van der Waals surface area (Å²) in [6, 6.07) is 15.4. The number of ether oxygens (including phenoxy) is 1. The Hall–Kier alpha value is -3.85. The summed E-state index contributed by atoms with van der Waals surface area (Å²) in [6.07, 6.45) is 2.90. The van der Waals surface area contributed by atoms with E-state index in [-0.39, 0.29) is 29.2 Å². The molecule has 0 aliphatic carbocycles. The molecule has 35 heavy (non-hydrogen) atoms. The van der Waals surface area contributed by atoms with Gasteiger partial charge >= 0.3 is 5.97 Å². The fraction of sp³-hybridized carbons (Fsp3) is 0.231. The Kier molecular flexibility index (Phi) is 8.86. The minimum Gasteiger partial charge on any atom is -0.469 e. The minimum atomic E-state index is -0.540. The van der Waals surface area contributed by atoms with Crippen LogP contribution in [-0.4, -0.2) is 41.3 Å². The zero-order valence-corrected chi connectivity index (χ0v) is 20.5. The number of carbonyl (C=O) groups is 3. The number of amides is 2. The van der Waals surface area contributed by atoms with Crippen molar-refractivity contribution < 1.29 is 23.5 Å². The van der Waals surface area contributed by atoms with Crippen LogP contribution in [0.15, 0.2) is 66.1 Å².